The Morgan fingerprint density at radius 1 is 1.06 bits per heavy atom. The molecule has 0 heterocycles. The van der Waals surface area contributed by atoms with Gasteiger partial charge in [0.1, 0.15) is 0 Å². The predicted octanol–water partition coefficient (Wildman–Crippen LogP) is 3.52. The Morgan fingerprint density at radius 2 is 1.78 bits per heavy atom. The minimum absolute atomic E-state index is 0.821. The molecule has 0 amide bonds. The van der Waals surface area contributed by atoms with Gasteiger partial charge in [-0.15, -0.1) is 0 Å². The van der Waals surface area contributed by atoms with Crippen molar-refractivity contribution in [2.24, 2.45) is 0 Å². The molecule has 2 rings (SSSR count). The minimum Gasteiger partial charge on any atom is -0.399 e. The van der Waals surface area contributed by atoms with Crippen molar-refractivity contribution >= 4 is 11.4 Å². The van der Waals surface area contributed by atoms with Crippen molar-refractivity contribution in [1.29, 1.82) is 0 Å². The van der Waals surface area contributed by atoms with Gasteiger partial charge in [-0.3, -0.25) is 0 Å². The van der Waals surface area contributed by atoms with Crippen molar-refractivity contribution < 1.29 is 0 Å². The molecule has 0 bridgehead atoms. The van der Waals surface area contributed by atoms with Crippen LogP contribution < -0.4 is 10.6 Å². The lowest BCUT2D eigenvalue weighted by Gasteiger charge is -2.21. The van der Waals surface area contributed by atoms with Gasteiger partial charge in [0.2, 0.25) is 0 Å². The Labute approximate surface area is 109 Å². The molecule has 0 atom stereocenters. The number of hydrogen-bond acceptors (Lipinski definition) is 2. The summed E-state index contributed by atoms with van der Waals surface area (Å²) >= 11 is 0. The van der Waals surface area contributed by atoms with E-state index in [-0.39, 0.29) is 0 Å². The van der Waals surface area contributed by atoms with E-state index in [1.807, 2.05) is 12.1 Å². The van der Waals surface area contributed by atoms with Crippen LogP contribution >= 0.6 is 0 Å². The van der Waals surface area contributed by atoms with Gasteiger partial charge in [-0.1, -0.05) is 24.3 Å². The highest BCUT2D eigenvalue weighted by Crippen LogP contribution is 2.21. The van der Waals surface area contributed by atoms with E-state index >= 15 is 0 Å². The summed E-state index contributed by atoms with van der Waals surface area (Å²) in [6.45, 7) is 5.12. The molecule has 0 aliphatic heterocycles. The van der Waals surface area contributed by atoms with Crippen molar-refractivity contribution in [2.75, 3.05) is 17.7 Å². The predicted molar refractivity (Wildman–Crippen MR) is 78.9 cm³/mol. The topological polar surface area (TPSA) is 29.3 Å². The van der Waals surface area contributed by atoms with E-state index in [2.05, 4.69) is 56.1 Å². The second kappa shape index (κ2) is 5.13. The summed E-state index contributed by atoms with van der Waals surface area (Å²) in [5.74, 6) is 0. The highest BCUT2D eigenvalue weighted by atomic mass is 15.1. The summed E-state index contributed by atoms with van der Waals surface area (Å²) < 4.78 is 0. The van der Waals surface area contributed by atoms with Crippen LogP contribution in [0.3, 0.4) is 0 Å². The molecule has 0 aromatic heterocycles. The molecule has 2 aromatic rings. The third-order valence-electron chi connectivity index (χ3n) is 3.19. The largest absolute Gasteiger partial charge is 0.399 e. The summed E-state index contributed by atoms with van der Waals surface area (Å²) in [5, 5.41) is 0. The summed E-state index contributed by atoms with van der Waals surface area (Å²) in [4.78, 5) is 2.23. The molecule has 0 fully saturated rings. The molecule has 18 heavy (non-hydrogen) atoms. The first-order valence-corrected chi connectivity index (χ1v) is 6.19. The lowest BCUT2D eigenvalue weighted by Crippen LogP contribution is -2.17. The molecule has 2 heteroatoms. The number of nitrogens with zero attached hydrogens (tertiary/aromatic N) is 1. The van der Waals surface area contributed by atoms with E-state index in [4.69, 9.17) is 5.73 Å². The van der Waals surface area contributed by atoms with Crippen molar-refractivity contribution in [3.05, 3.63) is 59.2 Å². The number of nitrogens with two attached hydrogens (primary N) is 1. The molecule has 0 saturated heterocycles. The van der Waals surface area contributed by atoms with Crippen LogP contribution in [0.15, 0.2) is 42.5 Å². The zero-order chi connectivity index (χ0) is 13.1. The number of nitrogen functional groups attached to an aromatic ring is 1. The first-order valence-electron chi connectivity index (χ1n) is 6.19. The van der Waals surface area contributed by atoms with Gasteiger partial charge in [0.05, 0.1) is 0 Å². The number of hydrogen-bond donors (Lipinski definition) is 1. The number of benzene rings is 2. The van der Waals surface area contributed by atoms with E-state index in [9.17, 15) is 0 Å². The number of rotatable bonds is 3. The Kier molecular flexibility index (Phi) is 3.56. The minimum atomic E-state index is 0.821. The van der Waals surface area contributed by atoms with Crippen LogP contribution in [-0.2, 0) is 6.54 Å². The molecular weight excluding hydrogens is 220 g/mol. The Bertz CT molecular complexity index is 526. The SMILES string of the molecule is Cc1cc(N)cc(N(C)Cc2ccccc2C)c1. The molecule has 0 radical (unpaired) electrons. The van der Waals surface area contributed by atoms with E-state index in [0.717, 1.165) is 17.9 Å². The molecule has 0 aliphatic carbocycles. The van der Waals surface area contributed by atoms with Gasteiger partial charge in [-0.05, 0) is 48.7 Å². The van der Waals surface area contributed by atoms with Gasteiger partial charge in [0.15, 0.2) is 0 Å². The van der Waals surface area contributed by atoms with E-state index in [0.29, 0.717) is 0 Å². The van der Waals surface area contributed by atoms with E-state index in [1.54, 1.807) is 0 Å². The third-order valence-corrected chi connectivity index (χ3v) is 3.19. The maximum atomic E-state index is 5.89. The molecule has 0 spiro atoms. The summed E-state index contributed by atoms with van der Waals surface area (Å²) in [5.41, 5.74) is 11.7. The summed E-state index contributed by atoms with van der Waals surface area (Å²) in [6, 6.07) is 14.6. The molecule has 2 nitrogen and oxygen atoms in total. The number of aryl methyl sites for hydroxylation is 2. The Morgan fingerprint density at radius 3 is 2.44 bits per heavy atom. The fourth-order valence-electron chi connectivity index (χ4n) is 2.15. The normalized spacial score (nSPS) is 10.4. The van der Waals surface area contributed by atoms with Crippen molar-refractivity contribution in [2.45, 2.75) is 20.4 Å². The van der Waals surface area contributed by atoms with Crippen molar-refractivity contribution in [3.63, 3.8) is 0 Å². The highest BCUT2D eigenvalue weighted by Gasteiger charge is 2.05. The van der Waals surface area contributed by atoms with Crippen LogP contribution in [-0.4, -0.2) is 7.05 Å². The fourth-order valence-corrected chi connectivity index (χ4v) is 2.15. The molecule has 0 saturated carbocycles. The Balaban J connectivity index is 2.22. The molecular formula is C16H20N2. The van der Waals surface area contributed by atoms with Crippen LogP contribution in [0.1, 0.15) is 16.7 Å². The second-order valence-electron chi connectivity index (χ2n) is 4.88. The smallest absolute Gasteiger partial charge is 0.0428 e. The first kappa shape index (κ1) is 12.5. The zero-order valence-corrected chi connectivity index (χ0v) is 11.3. The zero-order valence-electron chi connectivity index (χ0n) is 11.3. The second-order valence-corrected chi connectivity index (χ2v) is 4.88. The number of anilines is 2. The van der Waals surface area contributed by atoms with Gasteiger partial charge in [0.25, 0.3) is 0 Å². The quantitative estimate of drug-likeness (QED) is 0.832. The maximum Gasteiger partial charge on any atom is 0.0428 e. The van der Waals surface area contributed by atoms with E-state index < -0.39 is 0 Å². The monoisotopic (exact) mass is 240 g/mol. The van der Waals surface area contributed by atoms with Crippen LogP contribution in [0.25, 0.3) is 0 Å². The van der Waals surface area contributed by atoms with Gasteiger partial charge < -0.3 is 10.6 Å². The average molecular weight is 240 g/mol. The Hall–Kier alpha value is -1.96. The first-order chi connectivity index (χ1) is 8.56. The molecule has 94 valence electrons. The molecule has 0 unspecified atom stereocenters. The third kappa shape index (κ3) is 2.83. The van der Waals surface area contributed by atoms with Crippen molar-refractivity contribution in [3.8, 4) is 0 Å². The lowest BCUT2D eigenvalue weighted by atomic mass is 10.1. The van der Waals surface area contributed by atoms with Gasteiger partial charge in [-0.25, -0.2) is 0 Å². The molecule has 0 aliphatic rings. The fraction of sp³-hybridized carbons (Fsp3) is 0.250. The summed E-state index contributed by atoms with van der Waals surface area (Å²) in [6.07, 6.45) is 0. The average Bonchev–Trinajstić information content (AvgIpc) is 2.31. The van der Waals surface area contributed by atoms with Gasteiger partial charge in [-0.2, -0.15) is 0 Å². The van der Waals surface area contributed by atoms with Gasteiger partial charge >= 0.3 is 0 Å². The summed E-state index contributed by atoms with van der Waals surface area (Å²) in [7, 11) is 2.10. The highest BCUT2D eigenvalue weighted by molar-refractivity contribution is 5.58. The molecule has 2 N–H and O–H groups in total. The lowest BCUT2D eigenvalue weighted by molar-refractivity contribution is 0.914. The van der Waals surface area contributed by atoms with Crippen LogP contribution in [0.2, 0.25) is 0 Å². The van der Waals surface area contributed by atoms with Crippen LogP contribution in [0.5, 0.6) is 0 Å². The van der Waals surface area contributed by atoms with Crippen LogP contribution in [0, 0.1) is 13.8 Å². The molecule has 2 aromatic carbocycles. The van der Waals surface area contributed by atoms with Crippen LogP contribution in [0.4, 0.5) is 11.4 Å². The standard InChI is InChI=1S/C16H20N2/c1-12-8-15(17)10-16(9-12)18(3)11-14-7-5-4-6-13(14)2/h4-10H,11,17H2,1-3H3. The van der Waals surface area contributed by atoms with E-state index in [1.165, 1.54) is 16.7 Å². The maximum absolute atomic E-state index is 5.89. The van der Waals surface area contributed by atoms with Gasteiger partial charge in [0, 0.05) is 25.0 Å². The van der Waals surface area contributed by atoms with Crippen molar-refractivity contribution in [1.82, 2.24) is 0 Å².